The molecule has 2 N–H and O–H groups in total. The van der Waals surface area contributed by atoms with Crippen molar-refractivity contribution in [3.05, 3.63) is 64.2 Å². The van der Waals surface area contributed by atoms with E-state index in [2.05, 4.69) is 21.4 Å². The predicted molar refractivity (Wildman–Crippen MR) is 91.2 cm³/mol. The number of carbonyl (C=O) groups is 1. The molecule has 1 amide bonds. The number of carbonyl (C=O) groups excluding carboxylic acids is 1. The molecule has 1 atom stereocenters. The molecular weight excluding hydrogens is 433 g/mol. The Morgan fingerprint density at radius 2 is 1.96 bits per heavy atom. The van der Waals surface area contributed by atoms with Crippen LogP contribution in [0.15, 0.2) is 57.1 Å². The first kappa shape index (κ1) is 19.3. The maximum Gasteiger partial charge on any atom is 0.442 e. The van der Waals surface area contributed by atoms with E-state index in [4.69, 9.17) is 9.15 Å². The number of halogens is 4. The second-order valence-corrected chi connectivity index (χ2v) is 6.73. The highest BCUT2D eigenvalue weighted by Crippen LogP contribution is 2.38. The SMILES string of the molecule is CC1=CC(O)(C(F)(F)F)N(C(=O)c2ccc(COc3ccc(Br)cc3)o2)N1. The standard InChI is InChI=1S/C17H14BrF3N2O4/c1-10-8-16(25,17(19,20)21)23(22-10)15(24)14-7-6-13(27-14)9-26-12-4-2-11(18)3-5-12/h2-8,22,25H,9H2,1H3. The van der Waals surface area contributed by atoms with Crippen LogP contribution in [0.4, 0.5) is 13.2 Å². The zero-order chi connectivity index (χ0) is 19.8. The number of ether oxygens (including phenoxy) is 1. The van der Waals surface area contributed by atoms with E-state index in [0.717, 1.165) is 4.47 Å². The number of alkyl halides is 3. The molecule has 10 heteroatoms. The van der Waals surface area contributed by atoms with Gasteiger partial charge in [-0.1, -0.05) is 15.9 Å². The molecule has 0 aliphatic carbocycles. The summed E-state index contributed by atoms with van der Waals surface area (Å²) >= 11 is 3.29. The Hall–Kier alpha value is -2.46. The van der Waals surface area contributed by atoms with Crippen molar-refractivity contribution in [2.75, 3.05) is 0 Å². The molecule has 0 saturated carbocycles. The fourth-order valence-corrected chi connectivity index (χ4v) is 2.70. The summed E-state index contributed by atoms with van der Waals surface area (Å²) in [5.74, 6) is -0.754. The molecule has 1 unspecified atom stereocenters. The first-order chi connectivity index (χ1) is 12.6. The van der Waals surface area contributed by atoms with Gasteiger partial charge in [0.15, 0.2) is 5.76 Å². The van der Waals surface area contributed by atoms with Crippen LogP contribution in [0.2, 0.25) is 0 Å². The van der Waals surface area contributed by atoms with Gasteiger partial charge in [-0.15, -0.1) is 0 Å². The Morgan fingerprint density at radius 3 is 2.59 bits per heavy atom. The van der Waals surface area contributed by atoms with E-state index < -0.39 is 17.8 Å². The average molecular weight is 447 g/mol. The van der Waals surface area contributed by atoms with Crippen LogP contribution in [0.5, 0.6) is 5.75 Å². The number of nitrogens with one attached hydrogen (secondary N) is 1. The molecule has 6 nitrogen and oxygen atoms in total. The number of amides is 1. The number of benzene rings is 1. The van der Waals surface area contributed by atoms with E-state index in [1.165, 1.54) is 19.1 Å². The van der Waals surface area contributed by atoms with E-state index in [1.54, 1.807) is 24.3 Å². The minimum atomic E-state index is -5.09. The minimum absolute atomic E-state index is 0.0199. The summed E-state index contributed by atoms with van der Waals surface area (Å²) in [6.07, 6.45) is -4.57. The van der Waals surface area contributed by atoms with Gasteiger partial charge in [0.1, 0.15) is 18.1 Å². The molecule has 144 valence electrons. The third-order valence-electron chi connectivity index (χ3n) is 3.73. The number of nitrogens with zero attached hydrogens (tertiary/aromatic N) is 1. The molecule has 0 saturated heterocycles. The maximum absolute atomic E-state index is 13.2. The zero-order valence-corrected chi connectivity index (χ0v) is 15.5. The fraction of sp³-hybridized carbons (Fsp3) is 0.235. The van der Waals surface area contributed by atoms with Gasteiger partial charge < -0.3 is 14.3 Å². The number of hydrazine groups is 1. The van der Waals surface area contributed by atoms with Crippen LogP contribution in [0.1, 0.15) is 23.2 Å². The van der Waals surface area contributed by atoms with E-state index >= 15 is 0 Å². The Morgan fingerprint density at radius 1 is 1.30 bits per heavy atom. The average Bonchev–Trinajstić information content (AvgIpc) is 3.18. The second-order valence-electron chi connectivity index (χ2n) is 5.81. The van der Waals surface area contributed by atoms with Crippen LogP contribution in [0, 0.1) is 0 Å². The summed E-state index contributed by atoms with van der Waals surface area (Å²) in [6.45, 7) is 1.27. The third-order valence-corrected chi connectivity index (χ3v) is 4.26. The highest BCUT2D eigenvalue weighted by atomic mass is 79.9. The van der Waals surface area contributed by atoms with Crippen molar-refractivity contribution in [2.45, 2.75) is 25.4 Å². The van der Waals surface area contributed by atoms with Gasteiger partial charge in [-0.3, -0.25) is 10.2 Å². The van der Waals surface area contributed by atoms with Gasteiger partial charge in [0.05, 0.1) is 0 Å². The number of aliphatic hydroxyl groups is 1. The largest absolute Gasteiger partial charge is 0.486 e. The summed E-state index contributed by atoms with van der Waals surface area (Å²) in [4.78, 5) is 12.4. The maximum atomic E-state index is 13.2. The van der Waals surface area contributed by atoms with Crippen LogP contribution in [0.3, 0.4) is 0 Å². The Bertz CT molecular complexity index is 879. The van der Waals surface area contributed by atoms with Gasteiger partial charge in [0, 0.05) is 10.2 Å². The molecule has 0 fully saturated rings. The molecule has 2 aromatic rings. The second kappa shape index (κ2) is 6.93. The minimum Gasteiger partial charge on any atom is -0.486 e. The number of rotatable bonds is 4. The summed E-state index contributed by atoms with van der Waals surface area (Å²) in [7, 11) is 0. The number of furan rings is 1. The zero-order valence-electron chi connectivity index (χ0n) is 13.9. The summed E-state index contributed by atoms with van der Waals surface area (Å²) < 4.78 is 51.2. The summed E-state index contributed by atoms with van der Waals surface area (Å²) in [5, 5.41) is 10.0. The molecular formula is C17H14BrF3N2O4. The smallest absolute Gasteiger partial charge is 0.442 e. The van der Waals surface area contributed by atoms with E-state index in [-0.39, 0.29) is 28.8 Å². The van der Waals surface area contributed by atoms with Crippen molar-refractivity contribution in [1.82, 2.24) is 10.4 Å². The van der Waals surface area contributed by atoms with Crippen LogP contribution < -0.4 is 10.2 Å². The monoisotopic (exact) mass is 446 g/mol. The van der Waals surface area contributed by atoms with E-state index in [0.29, 0.717) is 11.8 Å². The molecule has 1 aliphatic rings. The van der Waals surface area contributed by atoms with E-state index in [9.17, 15) is 23.1 Å². The molecule has 0 bridgehead atoms. The molecule has 0 radical (unpaired) electrons. The Kier molecular flexibility index (Phi) is 4.96. The fourth-order valence-electron chi connectivity index (χ4n) is 2.44. The first-order valence-corrected chi connectivity index (χ1v) is 8.46. The lowest BCUT2D eigenvalue weighted by Gasteiger charge is -2.33. The lowest BCUT2D eigenvalue weighted by molar-refractivity contribution is -0.283. The lowest BCUT2D eigenvalue weighted by Crippen LogP contribution is -2.60. The quantitative estimate of drug-likeness (QED) is 0.748. The molecule has 3 rings (SSSR count). The van der Waals surface area contributed by atoms with Gasteiger partial charge in [-0.25, -0.2) is 5.01 Å². The van der Waals surface area contributed by atoms with Crippen LogP contribution >= 0.6 is 15.9 Å². The van der Waals surface area contributed by atoms with Crippen LogP contribution in [-0.2, 0) is 6.61 Å². The van der Waals surface area contributed by atoms with Crippen molar-refractivity contribution >= 4 is 21.8 Å². The van der Waals surface area contributed by atoms with Gasteiger partial charge >= 0.3 is 12.1 Å². The number of allylic oxidation sites excluding steroid dienone is 1. The molecule has 1 aromatic carbocycles. The normalized spacial score (nSPS) is 19.6. The number of hydrogen-bond donors (Lipinski definition) is 2. The predicted octanol–water partition coefficient (Wildman–Crippen LogP) is 3.74. The third kappa shape index (κ3) is 3.81. The lowest BCUT2D eigenvalue weighted by atomic mass is 10.2. The van der Waals surface area contributed by atoms with Crippen LogP contribution in [0.25, 0.3) is 0 Å². The van der Waals surface area contributed by atoms with Gasteiger partial charge in [0.2, 0.25) is 0 Å². The Balaban J connectivity index is 1.72. The van der Waals surface area contributed by atoms with E-state index in [1.807, 2.05) is 0 Å². The van der Waals surface area contributed by atoms with Crippen molar-refractivity contribution < 1.29 is 32.2 Å². The summed E-state index contributed by atoms with van der Waals surface area (Å²) in [6, 6.07) is 9.61. The van der Waals surface area contributed by atoms with Gasteiger partial charge in [0.25, 0.3) is 5.72 Å². The van der Waals surface area contributed by atoms with Crippen molar-refractivity contribution in [1.29, 1.82) is 0 Å². The first-order valence-electron chi connectivity index (χ1n) is 7.67. The molecule has 0 spiro atoms. The van der Waals surface area contributed by atoms with Crippen molar-refractivity contribution in [3.8, 4) is 5.75 Å². The molecule has 27 heavy (non-hydrogen) atoms. The van der Waals surface area contributed by atoms with Crippen molar-refractivity contribution in [3.63, 3.8) is 0 Å². The highest BCUT2D eigenvalue weighted by molar-refractivity contribution is 9.10. The Labute approximate surface area is 160 Å². The van der Waals surface area contributed by atoms with Gasteiger partial charge in [-0.2, -0.15) is 13.2 Å². The van der Waals surface area contributed by atoms with Gasteiger partial charge in [-0.05, 0) is 49.4 Å². The van der Waals surface area contributed by atoms with Crippen LogP contribution in [-0.4, -0.2) is 27.9 Å². The highest BCUT2D eigenvalue weighted by Gasteiger charge is 2.61. The molecule has 2 heterocycles. The molecule has 1 aromatic heterocycles. The number of hydrogen-bond acceptors (Lipinski definition) is 5. The molecule has 1 aliphatic heterocycles. The topological polar surface area (TPSA) is 74.9 Å². The van der Waals surface area contributed by atoms with Crippen molar-refractivity contribution in [2.24, 2.45) is 0 Å². The summed E-state index contributed by atoms with van der Waals surface area (Å²) in [5.41, 5.74) is -1.28.